The third-order valence-corrected chi connectivity index (χ3v) is 3.21. The maximum Gasteiger partial charge on any atom is 0.410 e. The first-order chi connectivity index (χ1) is 7.46. The van der Waals surface area contributed by atoms with Gasteiger partial charge in [0, 0.05) is 19.4 Å². The molecule has 0 spiro atoms. The van der Waals surface area contributed by atoms with Gasteiger partial charge in [-0.15, -0.1) is 0 Å². The van der Waals surface area contributed by atoms with Crippen LogP contribution in [0.5, 0.6) is 0 Å². The maximum atomic E-state index is 13.2. The van der Waals surface area contributed by atoms with Crippen molar-refractivity contribution >= 4 is 0 Å². The van der Waals surface area contributed by atoms with Crippen LogP contribution in [0.2, 0.25) is 0 Å². The fraction of sp³-hybridized carbons (Fsp3) is 0.636. The van der Waals surface area contributed by atoms with Crippen LogP contribution in [0.15, 0.2) is 18.5 Å². The standard InChI is InChI=1S/C11H15F3N2/c1-16-7-4-9(8-16)10(11(12,13)14)5-2-3-6-15-10/h4,7-8,15H,2-3,5-6H2,1H3. The number of halogens is 3. The predicted octanol–water partition coefficient (Wildman–Crippen LogP) is 2.56. The van der Waals surface area contributed by atoms with Crippen molar-refractivity contribution in [1.82, 2.24) is 9.88 Å². The molecule has 90 valence electrons. The predicted molar refractivity (Wildman–Crippen MR) is 55.0 cm³/mol. The summed E-state index contributed by atoms with van der Waals surface area (Å²) in [6, 6.07) is 1.55. The van der Waals surface area contributed by atoms with Crippen LogP contribution in [-0.2, 0) is 12.6 Å². The second-order valence-corrected chi connectivity index (χ2v) is 4.35. The molecule has 1 aromatic rings. The van der Waals surface area contributed by atoms with E-state index in [0.717, 1.165) is 6.42 Å². The Morgan fingerprint density at radius 2 is 2.12 bits per heavy atom. The highest BCUT2D eigenvalue weighted by Gasteiger charge is 2.56. The van der Waals surface area contributed by atoms with Crippen LogP contribution in [0.4, 0.5) is 13.2 Å². The number of alkyl halides is 3. The molecule has 1 saturated heterocycles. The summed E-state index contributed by atoms with van der Waals surface area (Å²) in [6.07, 6.45) is 0.506. The first kappa shape index (κ1) is 11.5. The van der Waals surface area contributed by atoms with Crippen LogP contribution < -0.4 is 5.32 Å². The highest BCUT2D eigenvalue weighted by atomic mass is 19.4. The van der Waals surface area contributed by atoms with Crippen molar-refractivity contribution in [2.75, 3.05) is 6.54 Å². The lowest BCUT2D eigenvalue weighted by Crippen LogP contribution is -2.56. The van der Waals surface area contributed by atoms with Crippen LogP contribution in [0.3, 0.4) is 0 Å². The summed E-state index contributed by atoms with van der Waals surface area (Å²) in [6.45, 7) is 0.425. The van der Waals surface area contributed by atoms with E-state index in [9.17, 15) is 13.2 Å². The minimum absolute atomic E-state index is 0.126. The Morgan fingerprint density at radius 1 is 1.38 bits per heavy atom. The molecular weight excluding hydrogens is 217 g/mol. The molecule has 2 heterocycles. The molecule has 1 aromatic heterocycles. The van der Waals surface area contributed by atoms with Crippen molar-refractivity contribution < 1.29 is 13.2 Å². The van der Waals surface area contributed by atoms with E-state index < -0.39 is 11.7 Å². The van der Waals surface area contributed by atoms with Crippen molar-refractivity contribution in [2.45, 2.75) is 31.0 Å². The monoisotopic (exact) mass is 232 g/mol. The summed E-state index contributed by atoms with van der Waals surface area (Å²) in [5, 5.41) is 2.66. The second kappa shape index (κ2) is 3.80. The Morgan fingerprint density at radius 3 is 2.56 bits per heavy atom. The molecule has 1 N–H and O–H groups in total. The maximum absolute atomic E-state index is 13.2. The third-order valence-electron chi connectivity index (χ3n) is 3.21. The molecule has 1 aliphatic heterocycles. The van der Waals surface area contributed by atoms with Crippen molar-refractivity contribution in [3.63, 3.8) is 0 Å². The molecule has 0 aliphatic carbocycles. The Labute approximate surface area is 92.4 Å². The van der Waals surface area contributed by atoms with E-state index in [4.69, 9.17) is 0 Å². The molecule has 0 aromatic carbocycles. The molecule has 0 amide bonds. The summed E-state index contributed by atoms with van der Waals surface area (Å²) < 4.78 is 41.3. The molecule has 2 rings (SSSR count). The first-order valence-corrected chi connectivity index (χ1v) is 5.40. The van der Waals surface area contributed by atoms with Gasteiger partial charge in [0.2, 0.25) is 0 Å². The number of piperidine rings is 1. The molecule has 2 nitrogen and oxygen atoms in total. The van der Waals surface area contributed by atoms with Crippen molar-refractivity contribution in [3.8, 4) is 0 Å². The van der Waals surface area contributed by atoms with Crippen molar-refractivity contribution in [3.05, 3.63) is 24.0 Å². The SMILES string of the molecule is Cn1ccc(C2(C(F)(F)F)CCCCN2)c1. The van der Waals surface area contributed by atoms with Crippen LogP contribution in [0, 0.1) is 0 Å². The van der Waals surface area contributed by atoms with Crippen LogP contribution in [-0.4, -0.2) is 17.3 Å². The molecule has 1 unspecified atom stereocenters. The van der Waals surface area contributed by atoms with E-state index in [1.54, 1.807) is 30.1 Å². The average Bonchev–Trinajstić information content (AvgIpc) is 2.65. The minimum atomic E-state index is -4.24. The summed E-state index contributed by atoms with van der Waals surface area (Å²) >= 11 is 0. The lowest BCUT2D eigenvalue weighted by atomic mass is 9.83. The molecule has 1 atom stereocenters. The Hall–Kier alpha value is -0.970. The van der Waals surface area contributed by atoms with Crippen molar-refractivity contribution in [2.24, 2.45) is 7.05 Å². The van der Waals surface area contributed by atoms with Gasteiger partial charge in [-0.25, -0.2) is 0 Å². The normalized spacial score (nSPS) is 27.0. The van der Waals surface area contributed by atoms with Crippen LogP contribution in [0.25, 0.3) is 0 Å². The lowest BCUT2D eigenvalue weighted by Gasteiger charge is -2.39. The van der Waals surface area contributed by atoms with Gasteiger partial charge >= 0.3 is 6.18 Å². The Balaban J connectivity index is 2.41. The summed E-state index contributed by atoms with van der Waals surface area (Å²) in [5.41, 5.74) is -1.52. The molecule has 5 heteroatoms. The van der Waals surface area contributed by atoms with Gasteiger partial charge < -0.3 is 4.57 Å². The third kappa shape index (κ3) is 1.73. The van der Waals surface area contributed by atoms with Gasteiger partial charge in [-0.05, 0) is 37.4 Å². The summed E-state index contributed by atoms with van der Waals surface area (Å²) in [4.78, 5) is 0. The number of aryl methyl sites for hydroxylation is 1. The number of hydrogen-bond donors (Lipinski definition) is 1. The number of nitrogens with zero attached hydrogens (tertiary/aromatic N) is 1. The summed E-state index contributed by atoms with van der Waals surface area (Å²) in [5.74, 6) is 0. The highest BCUT2D eigenvalue weighted by molar-refractivity contribution is 5.25. The molecular formula is C11H15F3N2. The fourth-order valence-corrected chi connectivity index (χ4v) is 2.31. The average molecular weight is 232 g/mol. The van der Waals surface area contributed by atoms with E-state index in [2.05, 4.69) is 5.32 Å². The number of nitrogens with one attached hydrogen (secondary N) is 1. The van der Waals surface area contributed by atoms with E-state index >= 15 is 0 Å². The van der Waals surface area contributed by atoms with E-state index in [-0.39, 0.29) is 6.42 Å². The largest absolute Gasteiger partial charge is 0.410 e. The zero-order valence-corrected chi connectivity index (χ0v) is 9.14. The fourth-order valence-electron chi connectivity index (χ4n) is 2.31. The molecule has 0 saturated carbocycles. The van der Waals surface area contributed by atoms with Gasteiger partial charge in [-0.2, -0.15) is 13.2 Å². The second-order valence-electron chi connectivity index (χ2n) is 4.35. The smallest absolute Gasteiger partial charge is 0.357 e. The molecule has 0 radical (unpaired) electrons. The van der Waals surface area contributed by atoms with E-state index in [0.29, 0.717) is 18.5 Å². The van der Waals surface area contributed by atoms with Gasteiger partial charge in [-0.3, -0.25) is 5.32 Å². The van der Waals surface area contributed by atoms with Gasteiger partial charge in [0.1, 0.15) is 5.54 Å². The number of rotatable bonds is 1. The molecule has 16 heavy (non-hydrogen) atoms. The molecule has 0 bridgehead atoms. The summed E-state index contributed by atoms with van der Waals surface area (Å²) in [7, 11) is 1.73. The Kier molecular flexibility index (Phi) is 2.74. The van der Waals surface area contributed by atoms with Gasteiger partial charge in [-0.1, -0.05) is 0 Å². The first-order valence-electron chi connectivity index (χ1n) is 5.40. The van der Waals surface area contributed by atoms with Gasteiger partial charge in [0.05, 0.1) is 0 Å². The Bertz CT molecular complexity index is 362. The van der Waals surface area contributed by atoms with Gasteiger partial charge in [0.25, 0.3) is 0 Å². The minimum Gasteiger partial charge on any atom is -0.357 e. The quantitative estimate of drug-likeness (QED) is 0.787. The van der Waals surface area contributed by atoms with E-state index in [1.807, 2.05) is 0 Å². The van der Waals surface area contributed by atoms with Crippen LogP contribution in [0.1, 0.15) is 24.8 Å². The highest BCUT2D eigenvalue weighted by Crippen LogP contribution is 2.44. The zero-order chi connectivity index (χ0) is 11.8. The topological polar surface area (TPSA) is 17.0 Å². The van der Waals surface area contributed by atoms with Crippen molar-refractivity contribution in [1.29, 1.82) is 0 Å². The molecule has 1 aliphatic rings. The number of hydrogen-bond acceptors (Lipinski definition) is 1. The van der Waals surface area contributed by atoms with E-state index in [1.165, 1.54) is 0 Å². The molecule has 1 fully saturated rings. The van der Waals surface area contributed by atoms with Gasteiger partial charge in [0.15, 0.2) is 0 Å². The lowest BCUT2D eigenvalue weighted by molar-refractivity contribution is -0.207. The number of aromatic nitrogens is 1. The zero-order valence-electron chi connectivity index (χ0n) is 9.14. The van der Waals surface area contributed by atoms with Crippen LogP contribution >= 0.6 is 0 Å².